The zero-order chi connectivity index (χ0) is 11.8. The molecule has 0 spiro atoms. The Labute approximate surface area is 95.0 Å². The summed E-state index contributed by atoms with van der Waals surface area (Å²) >= 11 is 0. The van der Waals surface area contributed by atoms with Crippen molar-refractivity contribution in [2.45, 2.75) is 12.8 Å². The summed E-state index contributed by atoms with van der Waals surface area (Å²) in [6.07, 6.45) is 3.15. The third-order valence-electron chi connectivity index (χ3n) is 2.23. The number of hydrogen-bond donors (Lipinski definition) is 2. The van der Waals surface area contributed by atoms with Gasteiger partial charge in [0.05, 0.1) is 0 Å². The van der Waals surface area contributed by atoms with E-state index in [1.54, 1.807) is 12.1 Å². The van der Waals surface area contributed by atoms with Crippen molar-refractivity contribution in [3.8, 4) is 0 Å². The van der Waals surface area contributed by atoms with E-state index in [2.05, 4.69) is 0 Å². The highest BCUT2D eigenvalue weighted by molar-refractivity contribution is 6.60. The van der Waals surface area contributed by atoms with E-state index in [1.807, 2.05) is 0 Å². The maximum absolute atomic E-state index is 10.3. The Morgan fingerprint density at radius 1 is 1.19 bits per heavy atom. The van der Waals surface area contributed by atoms with Crippen molar-refractivity contribution in [2.75, 3.05) is 13.2 Å². The van der Waals surface area contributed by atoms with Crippen LogP contribution in [0.1, 0.15) is 23.2 Å². The molecule has 0 radical (unpaired) electrons. The molecule has 1 aliphatic rings. The number of hydrogen-bond acceptors (Lipinski definition) is 4. The fourth-order valence-corrected chi connectivity index (χ4v) is 1.36. The molecular formula is C11H15BO4. The van der Waals surface area contributed by atoms with Crippen LogP contribution in [0.5, 0.6) is 0 Å². The molecule has 2 N–H and O–H groups in total. The molecule has 0 aliphatic carbocycles. The molecule has 1 aliphatic heterocycles. The summed E-state index contributed by atoms with van der Waals surface area (Å²) in [5.74, 6) is 0. The van der Waals surface area contributed by atoms with Crippen molar-refractivity contribution >= 4 is 18.9 Å². The first-order valence-electron chi connectivity index (χ1n) is 5.23. The molecule has 1 aromatic carbocycles. The minimum Gasteiger partial charge on any atom is -0.423 e. The van der Waals surface area contributed by atoms with Crippen LogP contribution in [0.3, 0.4) is 0 Å². The van der Waals surface area contributed by atoms with Crippen LogP contribution in [0.4, 0.5) is 0 Å². The molecule has 1 saturated heterocycles. The van der Waals surface area contributed by atoms with E-state index in [1.165, 1.54) is 25.0 Å². The van der Waals surface area contributed by atoms with Gasteiger partial charge in [0.1, 0.15) is 6.29 Å². The van der Waals surface area contributed by atoms with E-state index in [4.69, 9.17) is 14.8 Å². The number of aldehydes is 1. The Morgan fingerprint density at radius 2 is 1.81 bits per heavy atom. The molecule has 0 amide bonds. The maximum atomic E-state index is 10.3. The van der Waals surface area contributed by atoms with E-state index in [0.29, 0.717) is 11.8 Å². The Hall–Kier alpha value is -1.17. The summed E-state index contributed by atoms with van der Waals surface area (Å²) in [5.41, 5.74) is 0.546. The van der Waals surface area contributed by atoms with Gasteiger partial charge in [-0.3, -0.25) is 4.79 Å². The number of rotatable bonds is 2. The molecule has 0 unspecified atom stereocenters. The zero-order valence-electron chi connectivity index (χ0n) is 9.00. The highest BCUT2D eigenvalue weighted by Gasteiger charge is 2.13. The van der Waals surface area contributed by atoms with Gasteiger partial charge in [-0.1, -0.05) is 24.3 Å². The summed E-state index contributed by atoms with van der Waals surface area (Å²) in [7, 11) is -1.57. The molecule has 4 nitrogen and oxygen atoms in total. The number of carbonyl (C=O) groups is 1. The molecule has 0 atom stereocenters. The molecule has 16 heavy (non-hydrogen) atoms. The lowest BCUT2D eigenvalue weighted by atomic mass is 9.77. The summed E-state index contributed by atoms with van der Waals surface area (Å²) in [6.45, 7) is 2.00. The third-order valence-corrected chi connectivity index (χ3v) is 2.23. The Bertz CT molecular complexity index is 316. The number of benzene rings is 1. The van der Waals surface area contributed by atoms with E-state index >= 15 is 0 Å². The average Bonchev–Trinajstić information content (AvgIpc) is 2.87. The van der Waals surface area contributed by atoms with Gasteiger partial charge in [-0.25, -0.2) is 0 Å². The van der Waals surface area contributed by atoms with Crippen LogP contribution < -0.4 is 5.46 Å². The lowest BCUT2D eigenvalue weighted by Crippen LogP contribution is -2.32. The van der Waals surface area contributed by atoms with Crippen molar-refractivity contribution in [3.05, 3.63) is 29.8 Å². The van der Waals surface area contributed by atoms with Gasteiger partial charge < -0.3 is 14.8 Å². The predicted molar refractivity (Wildman–Crippen MR) is 61.7 cm³/mol. The Kier molecular flexibility index (Phi) is 5.78. The topological polar surface area (TPSA) is 66.8 Å². The average molecular weight is 222 g/mol. The minimum absolute atomic E-state index is 0.238. The lowest BCUT2D eigenvalue weighted by Gasteiger charge is -2.00. The third kappa shape index (κ3) is 4.14. The predicted octanol–water partition coefficient (Wildman–Crippen LogP) is -0.0243. The first kappa shape index (κ1) is 12.9. The summed E-state index contributed by atoms with van der Waals surface area (Å²) in [4.78, 5) is 10.3. The molecule has 2 rings (SSSR count). The Balaban J connectivity index is 0.000000212. The fourth-order valence-electron chi connectivity index (χ4n) is 1.36. The van der Waals surface area contributed by atoms with Crippen LogP contribution in [0.2, 0.25) is 0 Å². The molecule has 1 aromatic rings. The van der Waals surface area contributed by atoms with Gasteiger partial charge in [-0.15, -0.1) is 0 Å². The lowest BCUT2D eigenvalue weighted by molar-refractivity contribution is 0.112. The monoisotopic (exact) mass is 222 g/mol. The highest BCUT2D eigenvalue weighted by atomic mass is 16.5. The Morgan fingerprint density at radius 3 is 2.19 bits per heavy atom. The van der Waals surface area contributed by atoms with Crippen LogP contribution >= 0.6 is 0 Å². The van der Waals surface area contributed by atoms with Gasteiger partial charge in [0.2, 0.25) is 0 Å². The molecule has 1 heterocycles. The van der Waals surface area contributed by atoms with Crippen LogP contribution in [-0.2, 0) is 4.74 Å². The quantitative estimate of drug-likeness (QED) is 0.545. The smallest absolute Gasteiger partial charge is 0.423 e. The van der Waals surface area contributed by atoms with Crippen molar-refractivity contribution in [1.29, 1.82) is 0 Å². The standard InChI is InChI=1S/C7H7BO3.C4H8O/c9-5-6-3-1-2-4-7(6)8(10)11;1-2-4-5-3-1/h1-5,10-11H;1-4H2. The molecular weight excluding hydrogens is 207 g/mol. The first-order chi connectivity index (χ1) is 7.75. The van der Waals surface area contributed by atoms with Crippen molar-refractivity contribution in [2.24, 2.45) is 0 Å². The van der Waals surface area contributed by atoms with E-state index in [-0.39, 0.29) is 5.46 Å². The zero-order valence-corrected chi connectivity index (χ0v) is 9.00. The van der Waals surface area contributed by atoms with Gasteiger partial charge in [0, 0.05) is 18.8 Å². The summed E-state index contributed by atoms with van der Waals surface area (Å²) < 4.78 is 4.94. The highest BCUT2D eigenvalue weighted by Crippen LogP contribution is 1.98. The van der Waals surface area contributed by atoms with E-state index in [0.717, 1.165) is 13.2 Å². The second kappa shape index (κ2) is 7.17. The first-order valence-corrected chi connectivity index (χ1v) is 5.23. The molecule has 0 aromatic heterocycles. The number of ether oxygens (including phenoxy) is 1. The van der Waals surface area contributed by atoms with Gasteiger partial charge in [-0.05, 0) is 18.3 Å². The SMILES string of the molecule is C1CCOC1.O=Cc1ccccc1B(O)O. The molecule has 0 bridgehead atoms. The normalized spacial score (nSPS) is 13.9. The van der Waals surface area contributed by atoms with Crippen molar-refractivity contribution in [3.63, 3.8) is 0 Å². The van der Waals surface area contributed by atoms with E-state index in [9.17, 15) is 4.79 Å². The van der Waals surface area contributed by atoms with Gasteiger partial charge >= 0.3 is 7.12 Å². The molecule has 5 heteroatoms. The molecule has 0 saturated carbocycles. The van der Waals surface area contributed by atoms with Gasteiger partial charge in [0.15, 0.2) is 0 Å². The van der Waals surface area contributed by atoms with Crippen LogP contribution in [0, 0.1) is 0 Å². The van der Waals surface area contributed by atoms with Crippen LogP contribution in [0.15, 0.2) is 24.3 Å². The maximum Gasteiger partial charge on any atom is 0.489 e. The number of carbonyl (C=O) groups excluding carboxylic acids is 1. The van der Waals surface area contributed by atoms with Crippen molar-refractivity contribution < 1.29 is 19.6 Å². The van der Waals surface area contributed by atoms with Gasteiger partial charge in [0.25, 0.3) is 0 Å². The fraction of sp³-hybridized carbons (Fsp3) is 0.364. The van der Waals surface area contributed by atoms with Crippen molar-refractivity contribution in [1.82, 2.24) is 0 Å². The summed E-state index contributed by atoms with van der Waals surface area (Å²) in [6, 6.07) is 6.33. The largest absolute Gasteiger partial charge is 0.489 e. The second-order valence-corrected chi connectivity index (χ2v) is 3.44. The van der Waals surface area contributed by atoms with E-state index < -0.39 is 7.12 Å². The summed E-state index contributed by atoms with van der Waals surface area (Å²) in [5, 5.41) is 17.5. The second-order valence-electron chi connectivity index (χ2n) is 3.44. The van der Waals surface area contributed by atoms with Crippen LogP contribution in [-0.4, -0.2) is 36.7 Å². The molecule has 1 fully saturated rings. The minimum atomic E-state index is -1.57. The molecule has 86 valence electrons. The van der Waals surface area contributed by atoms with Crippen LogP contribution in [0.25, 0.3) is 0 Å². The van der Waals surface area contributed by atoms with Gasteiger partial charge in [-0.2, -0.15) is 0 Å².